The molecule has 0 saturated carbocycles. The smallest absolute Gasteiger partial charge is 0.222 e. The summed E-state index contributed by atoms with van der Waals surface area (Å²) in [7, 11) is 3.20. The molecule has 0 aliphatic carbocycles. The number of nitrogens with zero attached hydrogens (tertiary/aromatic N) is 1. The number of rotatable bonds is 7. The van der Waals surface area contributed by atoms with Gasteiger partial charge in [0.25, 0.3) is 0 Å². The van der Waals surface area contributed by atoms with Crippen LogP contribution in [-0.2, 0) is 30.4 Å². The summed E-state index contributed by atoms with van der Waals surface area (Å²) in [5, 5.41) is 17.1. The number of ether oxygens (including phenoxy) is 4. The molecule has 5 atom stereocenters. The molecule has 2 bridgehead atoms. The van der Waals surface area contributed by atoms with Crippen LogP contribution in [-0.4, -0.2) is 71.1 Å². The standard InChI is InChI=1S/C33H42N2O7S2/c1-22-14-15-33(32(3,38)29(36)20-44-33)17-30(37)34-23(2)31-35-25(19-43-31)8-6-7-9-27(28(16-22)42-21-39-4)41-18-24-10-12-26(40-5)13-11-24/h6-13,16,19,23,27-28,38H,14-15,17-18,20-21H2,1-5H3,(H,34,37)/b8-6-,9-7+,22-16+/t23-,27+,28-,32+,33-/m1/s1. The van der Waals surface area contributed by atoms with Crippen molar-refractivity contribution >= 4 is 40.9 Å². The van der Waals surface area contributed by atoms with Crippen molar-refractivity contribution in [3.8, 4) is 5.75 Å². The van der Waals surface area contributed by atoms with Gasteiger partial charge < -0.3 is 29.4 Å². The number of hydrogen-bond acceptors (Lipinski definition) is 10. The Morgan fingerprint density at radius 3 is 2.57 bits per heavy atom. The second kappa shape index (κ2) is 15.5. The molecule has 1 aromatic heterocycles. The van der Waals surface area contributed by atoms with Gasteiger partial charge in [0.05, 0.1) is 36.0 Å². The van der Waals surface area contributed by atoms with Gasteiger partial charge in [0, 0.05) is 18.9 Å². The maximum atomic E-state index is 13.3. The SMILES string of the molecule is COCO[C@@H]1/C=C(\C)CC[C@]2(CC(=O)N[C@H](C)c3nc(cs3)/C=C\C=C\[C@@H]1OCc1ccc(OC)cc1)SCC(=O)[C@]2(C)O. The summed E-state index contributed by atoms with van der Waals surface area (Å²) in [6.45, 7) is 5.81. The molecule has 1 amide bonds. The topological polar surface area (TPSA) is 116 Å². The van der Waals surface area contributed by atoms with Crippen molar-refractivity contribution in [3.63, 3.8) is 0 Å². The number of aliphatic hydroxyl groups is 1. The van der Waals surface area contributed by atoms with E-state index in [4.69, 9.17) is 18.9 Å². The van der Waals surface area contributed by atoms with Crippen molar-refractivity contribution in [1.82, 2.24) is 10.3 Å². The van der Waals surface area contributed by atoms with Gasteiger partial charge in [-0.15, -0.1) is 23.1 Å². The second-order valence-electron chi connectivity index (χ2n) is 11.3. The van der Waals surface area contributed by atoms with Gasteiger partial charge in [-0.2, -0.15) is 0 Å². The van der Waals surface area contributed by atoms with Crippen LogP contribution in [0.5, 0.6) is 5.75 Å². The van der Waals surface area contributed by atoms with Gasteiger partial charge in [-0.1, -0.05) is 42.0 Å². The summed E-state index contributed by atoms with van der Waals surface area (Å²) < 4.78 is 22.1. The van der Waals surface area contributed by atoms with Crippen LogP contribution in [0.1, 0.15) is 62.3 Å². The first-order valence-corrected chi connectivity index (χ1v) is 16.4. The lowest BCUT2D eigenvalue weighted by molar-refractivity contribution is -0.136. The van der Waals surface area contributed by atoms with Gasteiger partial charge >= 0.3 is 0 Å². The molecule has 1 aromatic carbocycles. The Morgan fingerprint density at radius 2 is 1.89 bits per heavy atom. The molecule has 9 nitrogen and oxygen atoms in total. The minimum atomic E-state index is -1.64. The van der Waals surface area contributed by atoms with Crippen molar-refractivity contribution in [2.75, 3.05) is 26.8 Å². The number of ketones is 1. The number of nitrogens with one attached hydrogen (secondary N) is 1. The Bertz CT molecular complexity index is 1370. The van der Waals surface area contributed by atoms with Crippen LogP contribution in [0.25, 0.3) is 6.08 Å². The first-order valence-electron chi connectivity index (χ1n) is 14.6. The fourth-order valence-corrected chi connectivity index (χ4v) is 7.56. The molecule has 1 fully saturated rings. The minimum Gasteiger partial charge on any atom is -0.497 e. The van der Waals surface area contributed by atoms with Gasteiger partial charge in [0.1, 0.15) is 35.4 Å². The van der Waals surface area contributed by atoms with Crippen molar-refractivity contribution < 1.29 is 33.6 Å². The first kappa shape index (κ1) is 34.1. The largest absolute Gasteiger partial charge is 0.497 e. The summed E-state index contributed by atoms with van der Waals surface area (Å²) in [6, 6.07) is 7.38. The van der Waals surface area contributed by atoms with E-state index in [1.54, 1.807) is 14.2 Å². The lowest BCUT2D eigenvalue weighted by atomic mass is 9.79. The molecule has 2 N–H and O–H groups in total. The number of Topliss-reactive ketones (excluding diaryl/α,β-unsaturated/α-hetero) is 1. The molecule has 2 aliphatic rings. The maximum Gasteiger partial charge on any atom is 0.222 e. The molecule has 1 spiro atoms. The van der Waals surface area contributed by atoms with E-state index in [0.29, 0.717) is 19.4 Å². The molecule has 11 heteroatoms. The monoisotopic (exact) mass is 642 g/mol. The normalized spacial score (nSPS) is 31.0. The molecular weight excluding hydrogens is 601 g/mol. The number of amides is 1. The van der Waals surface area contributed by atoms with E-state index in [0.717, 1.165) is 27.6 Å². The highest BCUT2D eigenvalue weighted by molar-refractivity contribution is 8.02. The molecule has 0 radical (unpaired) electrons. The number of carbonyl (C=O) groups excluding carboxylic acids is 2. The van der Waals surface area contributed by atoms with Crippen LogP contribution in [0, 0.1) is 0 Å². The van der Waals surface area contributed by atoms with Crippen LogP contribution in [0.2, 0.25) is 0 Å². The van der Waals surface area contributed by atoms with Gasteiger partial charge in [-0.05, 0) is 57.4 Å². The Balaban J connectivity index is 1.68. The summed E-state index contributed by atoms with van der Waals surface area (Å²) in [4.78, 5) is 30.8. The van der Waals surface area contributed by atoms with E-state index < -0.39 is 22.6 Å². The lowest BCUT2D eigenvalue weighted by Gasteiger charge is -2.38. The number of carbonyl (C=O) groups is 2. The number of methoxy groups -OCH3 is 2. The van der Waals surface area contributed by atoms with E-state index in [1.165, 1.54) is 30.0 Å². The number of benzene rings is 1. The lowest BCUT2D eigenvalue weighted by Crippen LogP contribution is -2.52. The molecular formula is C33H42N2O7S2. The van der Waals surface area contributed by atoms with E-state index in [1.807, 2.05) is 73.9 Å². The second-order valence-corrected chi connectivity index (χ2v) is 13.5. The average Bonchev–Trinajstić information content (AvgIpc) is 3.56. The van der Waals surface area contributed by atoms with Crippen LogP contribution in [0.4, 0.5) is 0 Å². The number of fused-ring (bicyclic) bond motifs is 2. The van der Waals surface area contributed by atoms with Gasteiger partial charge in [0.2, 0.25) is 5.91 Å². The summed E-state index contributed by atoms with van der Waals surface area (Å²) in [5.41, 5.74) is 1.09. The molecule has 4 rings (SSSR count). The quantitative estimate of drug-likeness (QED) is 0.302. The fraction of sp³-hybridized carbons (Fsp3) is 0.485. The molecule has 2 aliphatic heterocycles. The summed E-state index contributed by atoms with van der Waals surface area (Å²) in [5.74, 6) is 0.436. The predicted octanol–water partition coefficient (Wildman–Crippen LogP) is 5.41. The molecule has 238 valence electrons. The van der Waals surface area contributed by atoms with Crippen molar-refractivity contribution in [1.29, 1.82) is 0 Å². The molecule has 44 heavy (non-hydrogen) atoms. The van der Waals surface area contributed by atoms with Crippen LogP contribution in [0.15, 0.2) is 59.5 Å². The summed E-state index contributed by atoms with van der Waals surface area (Å²) >= 11 is 2.82. The highest BCUT2D eigenvalue weighted by Crippen LogP contribution is 2.50. The number of aromatic nitrogens is 1. The molecule has 3 heterocycles. The van der Waals surface area contributed by atoms with E-state index in [2.05, 4.69) is 10.3 Å². The third-order valence-electron chi connectivity index (χ3n) is 8.00. The average molecular weight is 643 g/mol. The van der Waals surface area contributed by atoms with E-state index in [-0.39, 0.29) is 36.7 Å². The molecule has 2 aromatic rings. The Morgan fingerprint density at radius 1 is 1.11 bits per heavy atom. The molecule has 0 unspecified atom stereocenters. The first-order chi connectivity index (χ1) is 21.1. The van der Waals surface area contributed by atoms with E-state index in [9.17, 15) is 14.7 Å². The van der Waals surface area contributed by atoms with Crippen LogP contribution < -0.4 is 10.1 Å². The van der Waals surface area contributed by atoms with Crippen molar-refractivity contribution in [2.45, 2.75) is 75.2 Å². The van der Waals surface area contributed by atoms with Crippen LogP contribution in [0.3, 0.4) is 0 Å². The zero-order chi connectivity index (χ0) is 31.7. The number of allylic oxidation sites excluding steroid dienone is 3. The number of thioether (sulfide) groups is 1. The zero-order valence-corrected chi connectivity index (χ0v) is 27.5. The predicted molar refractivity (Wildman–Crippen MR) is 174 cm³/mol. The summed E-state index contributed by atoms with van der Waals surface area (Å²) in [6.07, 6.45) is 9.65. The number of thiazole rings is 1. The van der Waals surface area contributed by atoms with Gasteiger partial charge in [0.15, 0.2) is 5.78 Å². The highest BCUT2D eigenvalue weighted by atomic mass is 32.2. The number of hydrogen-bond donors (Lipinski definition) is 2. The van der Waals surface area contributed by atoms with Crippen LogP contribution >= 0.6 is 23.1 Å². The minimum absolute atomic E-state index is 0.00605. The molecule has 1 saturated heterocycles. The Kier molecular flexibility index (Phi) is 12.0. The maximum absolute atomic E-state index is 13.3. The Hall–Kier alpha value is -2.80. The van der Waals surface area contributed by atoms with Crippen molar-refractivity contribution in [3.05, 3.63) is 75.8 Å². The highest BCUT2D eigenvalue weighted by Gasteiger charge is 2.57. The Labute approximate surface area is 267 Å². The van der Waals surface area contributed by atoms with Gasteiger partial charge in [-0.25, -0.2) is 4.98 Å². The third kappa shape index (κ3) is 8.47. The third-order valence-corrected chi connectivity index (χ3v) is 10.7. The van der Waals surface area contributed by atoms with Gasteiger partial charge in [-0.3, -0.25) is 9.59 Å². The van der Waals surface area contributed by atoms with E-state index >= 15 is 0 Å². The zero-order valence-electron chi connectivity index (χ0n) is 25.9. The fourth-order valence-electron chi connectivity index (χ4n) is 5.20. The van der Waals surface area contributed by atoms with Crippen molar-refractivity contribution in [2.24, 2.45) is 0 Å².